The van der Waals surface area contributed by atoms with Crippen LogP contribution in [0.1, 0.15) is 50.0 Å². The monoisotopic (exact) mass is 418 g/mol. The van der Waals surface area contributed by atoms with E-state index in [9.17, 15) is 4.79 Å². The molecule has 0 saturated carbocycles. The van der Waals surface area contributed by atoms with Gasteiger partial charge in [0, 0.05) is 10.6 Å². The van der Waals surface area contributed by atoms with Crippen LogP contribution in [0.4, 0.5) is 0 Å². The zero-order chi connectivity index (χ0) is 21.2. The van der Waals surface area contributed by atoms with E-state index in [0.717, 1.165) is 11.3 Å². The van der Waals surface area contributed by atoms with Gasteiger partial charge in [0.15, 0.2) is 11.5 Å². The zero-order valence-corrected chi connectivity index (χ0v) is 18.0. The second-order valence-corrected chi connectivity index (χ2v) is 6.40. The van der Waals surface area contributed by atoms with Crippen LogP contribution in [0.3, 0.4) is 0 Å². The third-order valence-electron chi connectivity index (χ3n) is 3.98. The average molecular weight is 419 g/mol. The molecule has 0 heterocycles. The fourth-order valence-corrected chi connectivity index (χ4v) is 2.82. The molecule has 0 atom stereocenters. The predicted octanol–water partition coefficient (Wildman–Crippen LogP) is 5.08. The van der Waals surface area contributed by atoms with Crippen LogP contribution in [-0.4, -0.2) is 31.4 Å². The van der Waals surface area contributed by atoms with Gasteiger partial charge < -0.3 is 14.2 Å². The number of amides is 1. The Labute approximate surface area is 176 Å². The van der Waals surface area contributed by atoms with Crippen LogP contribution in [0.25, 0.3) is 0 Å². The van der Waals surface area contributed by atoms with E-state index < -0.39 is 0 Å². The van der Waals surface area contributed by atoms with E-state index in [0.29, 0.717) is 54.1 Å². The maximum Gasteiger partial charge on any atom is 0.271 e. The number of hydrazone groups is 1. The number of hydrogen-bond donors (Lipinski definition) is 1. The highest BCUT2D eigenvalue weighted by Crippen LogP contribution is 2.39. The van der Waals surface area contributed by atoms with E-state index in [1.807, 2.05) is 39.8 Å². The van der Waals surface area contributed by atoms with Crippen LogP contribution in [0.5, 0.6) is 17.2 Å². The lowest BCUT2D eigenvalue weighted by atomic mass is 10.1. The number of carbonyl (C=O) groups is 1. The molecule has 0 unspecified atom stereocenters. The number of nitrogens with one attached hydrogen (secondary N) is 1. The van der Waals surface area contributed by atoms with Crippen molar-refractivity contribution < 1.29 is 19.0 Å². The number of rotatable bonds is 10. The lowest BCUT2D eigenvalue weighted by Gasteiger charge is -2.16. The molecule has 0 bridgehead atoms. The standard InChI is InChI=1S/C22H27ClN2O4/c1-5-18(15-9-11-17(23)12-10-15)24-25-22(26)16-13-19(27-6-2)21(29-8-4)20(14-16)28-7-3/h9-14H,5-8H2,1-4H3,(H,25,26)/b24-18-. The zero-order valence-electron chi connectivity index (χ0n) is 17.3. The molecule has 0 fully saturated rings. The van der Waals surface area contributed by atoms with Crippen LogP contribution in [0.15, 0.2) is 41.5 Å². The Morgan fingerprint density at radius 2 is 1.45 bits per heavy atom. The first-order valence-electron chi connectivity index (χ1n) is 9.73. The van der Waals surface area contributed by atoms with Gasteiger partial charge in [-0.1, -0.05) is 30.7 Å². The van der Waals surface area contributed by atoms with Crippen molar-refractivity contribution in [2.45, 2.75) is 34.1 Å². The van der Waals surface area contributed by atoms with Gasteiger partial charge in [-0.15, -0.1) is 0 Å². The topological polar surface area (TPSA) is 69.2 Å². The summed E-state index contributed by atoms with van der Waals surface area (Å²) in [6.45, 7) is 8.91. The van der Waals surface area contributed by atoms with Crippen molar-refractivity contribution in [3.63, 3.8) is 0 Å². The van der Waals surface area contributed by atoms with Crippen LogP contribution >= 0.6 is 11.6 Å². The molecule has 0 saturated heterocycles. The van der Waals surface area contributed by atoms with Crippen molar-refractivity contribution in [3.8, 4) is 17.2 Å². The van der Waals surface area contributed by atoms with E-state index in [1.54, 1.807) is 24.3 Å². The summed E-state index contributed by atoms with van der Waals surface area (Å²) in [5, 5.41) is 4.94. The fourth-order valence-electron chi connectivity index (χ4n) is 2.69. The first kappa shape index (κ1) is 22.6. The van der Waals surface area contributed by atoms with E-state index in [1.165, 1.54) is 0 Å². The van der Waals surface area contributed by atoms with Crippen molar-refractivity contribution in [1.82, 2.24) is 5.43 Å². The Hall–Kier alpha value is -2.73. The molecule has 29 heavy (non-hydrogen) atoms. The van der Waals surface area contributed by atoms with Crippen molar-refractivity contribution in [1.29, 1.82) is 0 Å². The minimum absolute atomic E-state index is 0.366. The SMILES string of the molecule is CCOc1cc(C(=O)N/N=C(/CC)c2ccc(Cl)cc2)cc(OCC)c1OCC. The Morgan fingerprint density at radius 1 is 0.897 bits per heavy atom. The molecule has 0 aliphatic rings. The molecule has 0 aliphatic heterocycles. The molecule has 2 aromatic carbocycles. The number of nitrogens with zero attached hydrogens (tertiary/aromatic N) is 1. The van der Waals surface area contributed by atoms with Crippen LogP contribution in [0.2, 0.25) is 5.02 Å². The second-order valence-electron chi connectivity index (χ2n) is 5.96. The van der Waals surface area contributed by atoms with E-state index in [4.69, 9.17) is 25.8 Å². The predicted molar refractivity (Wildman–Crippen MR) is 116 cm³/mol. The molecule has 2 aromatic rings. The maximum atomic E-state index is 12.7. The molecular weight excluding hydrogens is 392 g/mol. The molecule has 6 nitrogen and oxygen atoms in total. The summed E-state index contributed by atoms with van der Waals surface area (Å²) < 4.78 is 17.0. The molecular formula is C22H27ClN2O4. The molecule has 0 radical (unpaired) electrons. The van der Waals surface area contributed by atoms with Crippen LogP contribution in [0, 0.1) is 0 Å². The number of halogens is 1. The normalized spacial score (nSPS) is 11.1. The van der Waals surface area contributed by atoms with Crippen LogP contribution < -0.4 is 19.6 Å². The molecule has 7 heteroatoms. The van der Waals surface area contributed by atoms with Gasteiger partial charge in [0.1, 0.15) is 0 Å². The van der Waals surface area contributed by atoms with Crippen molar-refractivity contribution in [2.75, 3.05) is 19.8 Å². The van der Waals surface area contributed by atoms with Gasteiger partial charge in [0.05, 0.1) is 25.5 Å². The van der Waals surface area contributed by atoms with Crippen LogP contribution in [-0.2, 0) is 0 Å². The Morgan fingerprint density at radius 3 is 1.93 bits per heavy atom. The minimum atomic E-state index is -0.366. The van der Waals surface area contributed by atoms with E-state index >= 15 is 0 Å². The molecule has 1 amide bonds. The summed E-state index contributed by atoms with van der Waals surface area (Å²) in [5.74, 6) is 1.05. The van der Waals surface area contributed by atoms with Crippen molar-refractivity contribution >= 4 is 23.2 Å². The van der Waals surface area contributed by atoms with Gasteiger partial charge in [-0.3, -0.25) is 4.79 Å². The fraction of sp³-hybridized carbons (Fsp3) is 0.364. The van der Waals surface area contributed by atoms with Gasteiger partial charge in [-0.25, -0.2) is 5.43 Å². The number of ether oxygens (including phenoxy) is 3. The third-order valence-corrected chi connectivity index (χ3v) is 4.23. The first-order chi connectivity index (χ1) is 14.0. The smallest absolute Gasteiger partial charge is 0.271 e. The second kappa shape index (κ2) is 11.3. The van der Waals surface area contributed by atoms with Gasteiger partial charge in [-0.2, -0.15) is 5.10 Å². The number of carbonyl (C=O) groups excluding carboxylic acids is 1. The highest BCUT2D eigenvalue weighted by Gasteiger charge is 2.18. The van der Waals surface area contributed by atoms with Gasteiger partial charge in [0.25, 0.3) is 5.91 Å². The maximum absolute atomic E-state index is 12.7. The lowest BCUT2D eigenvalue weighted by molar-refractivity contribution is 0.0953. The Balaban J connectivity index is 2.31. The first-order valence-corrected chi connectivity index (χ1v) is 10.1. The quantitative estimate of drug-likeness (QED) is 0.431. The molecule has 0 aromatic heterocycles. The van der Waals surface area contributed by atoms with Gasteiger partial charge in [-0.05, 0) is 57.0 Å². The Bertz CT molecular complexity index is 823. The van der Waals surface area contributed by atoms with Gasteiger partial charge in [0.2, 0.25) is 5.75 Å². The molecule has 156 valence electrons. The van der Waals surface area contributed by atoms with Gasteiger partial charge >= 0.3 is 0 Å². The molecule has 2 rings (SSSR count). The highest BCUT2D eigenvalue weighted by molar-refractivity contribution is 6.30. The molecule has 0 aliphatic carbocycles. The van der Waals surface area contributed by atoms with Crippen molar-refractivity contribution in [2.24, 2.45) is 5.10 Å². The third kappa shape index (κ3) is 6.12. The summed E-state index contributed by atoms with van der Waals surface area (Å²) >= 11 is 5.94. The molecule has 0 spiro atoms. The summed E-state index contributed by atoms with van der Waals surface area (Å²) in [7, 11) is 0. The summed E-state index contributed by atoms with van der Waals surface area (Å²) in [6.07, 6.45) is 0.652. The highest BCUT2D eigenvalue weighted by atomic mass is 35.5. The summed E-state index contributed by atoms with van der Waals surface area (Å²) in [4.78, 5) is 12.7. The number of benzene rings is 2. The average Bonchev–Trinajstić information content (AvgIpc) is 2.72. The van der Waals surface area contributed by atoms with E-state index in [2.05, 4.69) is 10.5 Å². The molecule has 1 N–H and O–H groups in total. The minimum Gasteiger partial charge on any atom is -0.490 e. The Kier molecular flexibility index (Phi) is 8.80. The lowest BCUT2D eigenvalue weighted by Crippen LogP contribution is -2.20. The number of hydrogen-bond acceptors (Lipinski definition) is 5. The van der Waals surface area contributed by atoms with Crippen molar-refractivity contribution in [3.05, 3.63) is 52.5 Å². The summed E-state index contributed by atoms with van der Waals surface area (Å²) in [5.41, 5.74) is 4.63. The summed E-state index contributed by atoms with van der Waals surface area (Å²) in [6, 6.07) is 10.6. The largest absolute Gasteiger partial charge is 0.490 e. The van der Waals surface area contributed by atoms with E-state index in [-0.39, 0.29) is 5.91 Å².